The lowest BCUT2D eigenvalue weighted by atomic mass is 9.94. The predicted molar refractivity (Wildman–Crippen MR) is 132 cm³/mol. The minimum absolute atomic E-state index is 0.0660. The number of benzene rings is 2. The molecule has 1 amide bonds. The van der Waals surface area contributed by atoms with Crippen LogP contribution in [0.4, 0.5) is 0 Å². The monoisotopic (exact) mass is 466 g/mol. The quantitative estimate of drug-likeness (QED) is 0.303. The van der Waals surface area contributed by atoms with Gasteiger partial charge in [0.05, 0.1) is 25.3 Å². The standard InChI is InChI=1S/C27H34N2O5/c1-5-18-34-20-14-12-19(13-15-20)25(30)23-24(21-10-8-9-11-22(21)33-4)29(27(32)26(23)31)17-16-28(6-2)7-3/h8-15,24,30H,5-7,16-18H2,1-4H3/b25-23+. The first-order valence-corrected chi connectivity index (χ1v) is 11.8. The largest absolute Gasteiger partial charge is 0.507 e. The maximum Gasteiger partial charge on any atom is 0.295 e. The maximum absolute atomic E-state index is 13.2. The van der Waals surface area contributed by atoms with Crippen molar-refractivity contribution in [3.05, 3.63) is 65.2 Å². The molecule has 1 aliphatic rings. The SMILES string of the molecule is CCCOc1ccc(/C(O)=C2\C(=O)C(=O)N(CCN(CC)CC)C2c2ccccc2OC)cc1. The van der Waals surface area contributed by atoms with E-state index in [4.69, 9.17) is 9.47 Å². The van der Waals surface area contributed by atoms with E-state index in [0.29, 0.717) is 42.3 Å². The van der Waals surface area contributed by atoms with Crippen molar-refractivity contribution in [1.82, 2.24) is 9.80 Å². The van der Waals surface area contributed by atoms with E-state index >= 15 is 0 Å². The van der Waals surface area contributed by atoms with Gasteiger partial charge in [-0.2, -0.15) is 0 Å². The number of hydrogen-bond acceptors (Lipinski definition) is 6. The third-order valence-electron chi connectivity index (χ3n) is 6.13. The van der Waals surface area contributed by atoms with Crippen molar-refractivity contribution in [3.63, 3.8) is 0 Å². The molecule has 7 heteroatoms. The van der Waals surface area contributed by atoms with E-state index in [0.717, 1.165) is 19.5 Å². The van der Waals surface area contributed by atoms with E-state index in [1.165, 1.54) is 0 Å². The Kier molecular flexibility index (Phi) is 8.71. The summed E-state index contributed by atoms with van der Waals surface area (Å²) in [7, 11) is 1.55. The van der Waals surface area contributed by atoms with Gasteiger partial charge in [-0.3, -0.25) is 9.59 Å². The highest BCUT2D eigenvalue weighted by Gasteiger charge is 2.46. The number of rotatable bonds is 11. The van der Waals surface area contributed by atoms with Gasteiger partial charge >= 0.3 is 0 Å². The Bertz CT molecular complexity index is 1030. The smallest absolute Gasteiger partial charge is 0.295 e. The van der Waals surface area contributed by atoms with Gasteiger partial charge in [0, 0.05) is 24.2 Å². The zero-order valence-corrected chi connectivity index (χ0v) is 20.4. The molecule has 1 atom stereocenters. The molecule has 1 heterocycles. The topological polar surface area (TPSA) is 79.3 Å². The number of Topliss-reactive ketones (excluding diaryl/α,β-unsaturated/α-hetero) is 1. The van der Waals surface area contributed by atoms with E-state index in [1.807, 2.05) is 25.1 Å². The Labute approximate surface area is 201 Å². The van der Waals surface area contributed by atoms with E-state index < -0.39 is 17.7 Å². The minimum atomic E-state index is -0.747. The van der Waals surface area contributed by atoms with Crippen LogP contribution in [0.3, 0.4) is 0 Å². The summed E-state index contributed by atoms with van der Waals surface area (Å²) in [5.74, 6) is -0.288. The molecule has 0 aliphatic carbocycles. The Morgan fingerprint density at radius 2 is 1.71 bits per heavy atom. The minimum Gasteiger partial charge on any atom is -0.507 e. The van der Waals surface area contributed by atoms with Gasteiger partial charge in [0.1, 0.15) is 17.3 Å². The number of nitrogens with zero attached hydrogens (tertiary/aromatic N) is 2. The summed E-state index contributed by atoms with van der Waals surface area (Å²) >= 11 is 0. The maximum atomic E-state index is 13.2. The number of aliphatic hydroxyl groups excluding tert-OH is 1. The average Bonchev–Trinajstić information content (AvgIpc) is 3.12. The summed E-state index contributed by atoms with van der Waals surface area (Å²) in [4.78, 5) is 30.1. The normalized spacial score (nSPS) is 17.4. The number of ketones is 1. The van der Waals surface area contributed by atoms with Crippen molar-refractivity contribution in [2.75, 3.05) is 39.9 Å². The summed E-state index contributed by atoms with van der Waals surface area (Å²) in [6.45, 7) is 9.39. The average molecular weight is 467 g/mol. The highest BCUT2D eigenvalue weighted by molar-refractivity contribution is 6.46. The highest BCUT2D eigenvalue weighted by atomic mass is 16.5. The predicted octanol–water partition coefficient (Wildman–Crippen LogP) is 4.25. The van der Waals surface area contributed by atoms with Gasteiger partial charge in [0.25, 0.3) is 11.7 Å². The van der Waals surface area contributed by atoms with Crippen LogP contribution in [0.2, 0.25) is 0 Å². The Morgan fingerprint density at radius 1 is 1.03 bits per heavy atom. The number of amides is 1. The molecule has 0 bridgehead atoms. The Balaban J connectivity index is 2.07. The number of para-hydroxylation sites is 1. The van der Waals surface area contributed by atoms with Gasteiger partial charge in [0.15, 0.2) is 0 Å². The first-order chi connectivity index (χ1) is 16.5. The first kappa shape index (κ1) is 25.3. The van der Waals surface area contributed by atoms with Gasteiger partial charge in [0.2, 0.25) is 0 Å². The number of ether oxygens (including phenoxy) is 2. The number of carbonyl (C=O) groups excluding carboxylic acids is 2. The molecule has 182 valence electrons. The van der Waals surface area contributed by atoms with E-state index in [1.54, 1.807) is 42.3 Å². The Hall–Kier alpha value is -3.32. The molecular weight excluding hydrogens is 432 g/mol. The van der Waals surface area contributed by atoms with Crippen LogP contribution < -0.4 is 9.47 Å². The zero-order chi connectivity index (χ0) is 24.7. The molecule has 0 saturated carbocycles. The molecule has 0 aromatic heterocycles. The zero-order valence-electron chi connectivity index (χ0n) is 20.4. The van der Waals surface area contributed by atoms with Crippen molar-refractivity contribution in [2.45, 2.75) is 33.2 Å². The van der Waals surface area contributed by atoms with Crippen molar-refractivity contribution < 1.29 is 24.2 Å². The van der Waals surface area contributed by atoms with Crippen LogP contribution >= 0.6 is 0 Å². The van der Waals surface area contributed by atoms with E-state index in [9.17, 15) is 14.7 Å². The molecule has 1 saturated heterocycles. The van der Waals surface area contributed by atoms with Gasteiger partial charge in [-0.25, -0.2) is 0 Å². The highest BCUT2D eigenvalue weighted by Crippen LogP contribution is 2.42. The number of likely N-dealkylation sites (N-methyl/N-ethyl adjacent to an activating group) is 1. The summed E-state index contributed by atoms with van der Waals surface area (Å²) in [5, 5.41) is 11.2. The van der Waals surface area contributed by atoms with Crippen molar-refractivity contribution in [1.29, 1.82) is 0 Å². The van der Waals surface area contributed by atoms with Gasteiger partial charge in [-0.15, -0.1) is 0 Å². The second kappa shape index (κ2) is 11.7. The van der Waals surface area contributed by atoms with Gasteiger partial charge in [-0.1, -0.05) is 39.0 Å². The van der Waals surface area contributed by atoms with Crippen LogP contribution in [0.25, 0.3) is 5.76 Å². The second-order valence-corrected chi connectivity index (χ2v) is 8.13. The van der Waals surface area contributed by atoms with Crippen LogP contribution in [0, 0.1) is 0 Å². The van der Waals surface area contributed by atoms with E-state index in [-0.39, 0.29) is 11.3 Å². The molecule has 1 aliphatic heterocycles. The molecule has 1 N–H and O–H groups in total. The first-order valence-electron chi connectivity index (χ1n) is 11.8. The second-order valence-electron chi connectivity index (χ2n) is 8.13. The number of carbonyl (C=O) groups is 2. The fraction of sp³-hybridized carbons (Fsp3) is 0.407. The molecule has 3 rings (SSSR count). The van der Waals surface area contributed by atoms with Crippen LogP contribution in [-0.2, 0) is 9.59 Å². The van der Waals surface area contributed by atoms with Crippen LogP contribution in [0.1, 0.15) is 44.4 Å². The molecule has 0 spiro atoms. The van der Waals surface area contributed by atoms with Crippen LogP contribution in [-0.4, -0.2) is 66.5 Å². The summed E-state index contributed by atoms with van der Waals surface area (Å²) < 4.78 is 11.2. The third kappa shape index (κ3) is 5.25. The summed E-state index contributed by atoms with van der Waals surface area (Å²) in [6.07, 6.45) is 0.886. The molecule has 2 aromatic rings. The molecule has 0 radical (unpaired) electrons. The molecule has 2 aromatic carbocycles. The summed E-state index contributed by atoms with van der Waals surface area (Å²) in [5.41, 5.74) is 1.18. The number of methoxy groups -OCH3 is 1. The molecule has 1 unspecified atom stereocenters. The molecule has 34 heavy (non-hydrogen) atoms. The van der Waals surface area contributed by atoms with Crippen molar-refractivity contribution >= 4 is 17.4 Å². The van der Waals surface area contributed by atoms with Crippen LogP contribution in [0.15, 0.2) is 54.1 Å². The Morgan fingerprint density at radius 3 is 2.32 bits per heavy atom. The van der Waals surface area contributed by atoms with Crippen LogP contribution in [0.5, 0.6) is 11.5 Å². The lowest BCUT2D eigenvalue weighted by Gasteiger charge is -2.29. The molecule has 1 fully saturated rings. The number of likely N-dealkylation sites (tertiary alicyclic amines) is 1. The van der Waals surface area contributed by atoms with Crippen molar-refractivity contribution in [2.24, 2.45) is 0 Å². The van der Waals surface area contributed by atoms with Gasteiger partial charge in [-0.05, 0) is 49.8 Å². The van der Waals surface area contributed by atoms with Crippen molar-refractivity contribution in [3.8, 4) is 11.5 Å². The fourth-order valence-electron chi connectivity index (χ4n) is 4.20. The molecule has 7 nitrogen and oxygen atoms in total. The van der Waals surface area contributed by atoms with Gasteiger partial charge < -0.3 is 24.4 Å². The number of aliphatic hydroxyl groups is 1. The number of hydrogen-bond donors (Lipinski definition) is 1. The summed E-state index contributed by atoms with van der Waals surface area (Å²) in [6, 6.07) is 13.4. The fourth-order valence-corrected chi connectivity index (χ4v) is 4.20. The lowest BCUT2D eigenvalue weighted by Crippen LogP contribution is -2.38. The van der Waals surface area contributed by atoms with E-state index in [2.05, 4.69) is 18.7 Å². The third-order valence-corrected chi connectivity index (χ3v) is 6.13. The lowest BCUT2D eigenvalue weighted by molar-refractivity contribution is -0.140. The molecular formula is C27H34N2O5.